The van der Waals surface area contributed by atoms with Gasteiger partial charge in [0.05, 0.1) is 23.1 Å². The number of rotatable bonds is 8. The number of hydrogen-bond donors (Lipinski definition) is 2. The molecule has 1 heterocycles. The maximum atomic E-state index is 7.42. The quantitative estimate of drug-likeness (QED) is 0.161. The van der Waals surface area contributed by atoms with Crippen LogP contribution in [0.3, 0.4) is 0 Å². The van der Waals surface area contributed by atoms with Gasteiger partial charge in [-0.15, -0.1) is 0 Å². The van der Waals surface area contributed by atoms with E-state index in [0.717, 1.165) is 61.8 Å². The highest BCUT2D eigenvalue weighted by Crippen LogP contribution is 2.55. The third kappa shape index (κ3) is 6.66. The molecule has 9 aromatic carbocycles. The normalized spacial score (nSPS) is 14.7. The standard InChI is InChI=1S/C60H47N3/c1-60(2)51-28-15-14-26-49(51)57-52(60)29-17-31-55(57)63(47-36-34-41(35-37-47)46-33-32-40-18-12-13-25-45(40)38-46)54-30-16-27-48-50(54)39-53(42-19-6-3-7-20-42)62-59(48)56(43-21-8-4-9-22-43)58(61)44-23-10-5-11-24-44/h3-39,58,62H,61H2,1-2H3/b59-56-. The summed E-state index contributed by atoms with van der Waals surface area (Å²) < 4.78 is 0. The Morgan fingerprint density at radius 1 is 0.508 bits per heavy atom. The van der Waals surface area contributed by atoms with E-state index < -0.39 is 6.04 Å². The maximum Gasteiger partial charge on any atom is 0.0578 e. The predicted octanol–water partition coefficient (Wildman–Crippen LogP) is 15.0. The lowest BCUT2D eigenvalue weighted by molar-refractivity contribution is 0.660. The molecule has 3 heteroatoms. The van der Waals surface area contributed by atoms with Crippen LogP contribution in [0.5, 0.6) is 0 Å². The molecule has 302 valence electrons. The first-order chi connectivity index (χ1) is 30.9. The summed E-state index contributed by atoms with van der Waals surface area (Å²) in [6.45, 7) is 4.71. The zero-order valence-corrected chi connectivity index (χ0v) is 35.5. The molecule has 3 N–H and O–H groups in total. The number of benzene rings is 9. The second kappa shape index (κ2) is 15.6. The smallest absolute Gasteiger partial charge is 0.0578 e. The second-order valence-electron chi connectivity index (χ2n) is 17.1. The first kappa shape index (κ1) is 38.2. The van der Waals surface area contributed by atoms with Crippen molar-refractivity contribution in [3.63, 3.8) is 0 Å². The fourth-order valence-electron chi connectivity index (χ4n) is 9.91. The summed E-state index contributed by atoms with van der Waals surface area (Å²) in [6.07, 6.45) is 2.33. The minimum absolute atomic E-state index is 0.165. The van der Waals surface area contributed by atoms with Crippen molar-refractivity contribution in [3.8, 4) is 22.3 Å². The van der Waals surface area contributed by atoms with Gasteiger partial charge in [-0.2, -0.15) is 0 Å². The lowest BCUT2D eigenvalue weighted by Gasteiger charge is -2.34. The Kier molecular flexibility index (Phi) is 9.48. The Hall–Kier alpha value is -7.72. The highest BCUT2D eigenvalue weighted by Gasteiger charge is 2.38. The second-order valence-corrected chi connectivity index (χ2v) is 17.1. The Balaban J connectivity index is 1.18. The van der Waals surface area contributed by atoms with Crippen LogP contribution in [0.25, 0.3) is 56.1 Å². The number of nitrogens with one attached hydrogen (secondary N) is 1. The molecular weight excluding hydrogens is 763 g/mol. The van der Waals surface area contributed by atoms with Crippen LogP contribution in [0.4, 0.5) is 17.1 Å². The fraction of sp³-hybridized carbons (Fsp3) is 0.0667. The van der Waals surface area contributed by atoms with Gasteiger partial charge in [0.2, 0.25) is 0 Å². The fourth-order valence-corrected chi connectivity index (χ4v) is 9.91. The Morgan fingerprint density at radius 3 is 1.89 bits per heavy atom. The third-order valence-electron chi connectivity index (χ3n) is 13.1. The summed E-state index contributed by atoms with van der Waals surface area (Å²) in [7, 11) is 0. The van der Waals surface area contributed by atoms with E-state index in [0.29, 0.717) is 0 Å². The highest BCUT2D eigenvalue weighted by molar-refractivity contribution is 6.07. The molecule has 1 atom stereocenters. The van der Waals surface area contributed by atoms with Gasteiger partial charge in [-0.1, -0.05) is 202 Å². The van der Waals surface area contributed by atoms with Crippen molar-refractivity contribution in [1.29, 1.82) is 0 Å². The van der Waals surface area contributed by atoms with Gasteiger partial charge < -0.3 is 16.0 Å². The van der Waals surface area contributed by atoms with Crippen molar-refractivity contribution in [2.24, 2.45) is 5.73 Å². The average molecular weight is 810 g/mol. The van der Waals surface area contributed by atoms with E-state index in [1.807, 2.05) is 6.07 Å². The molecule has 1 aliphatic heterocycles. The van der Waals surface area contributed by atoms with Crippen molar-refractivity contribution in [2.75, 3.05) is 4.90 Å². The summed E-state index contributed by atoms with van der Waals surface area (Å²) in [5.41, 5.74) is 26.6. The number of nitrogens with two attached hydrogens (primary N) is 1. The lowest BCUT2D eigenvalue weighted by Crippen LogP contribution is -2.23. The van der Waals surface area contributed by atoms with E-state index in [-0.39, 0.29) is 5.41 Å². The van der Waals surface area contributed by atoms with Crippen molar-refractivity contribution >= 4 is 50.9 Å². The van der Waals surface area contributed by atoms with Crippen LogP contribution in [0, 0.1) is 0 Å². The molecule has 11 rings (SSSR count). The molecule has 63 heavy (non-hydrogen) atoms. The summed E-state index contributed by atoms with van der Waals surface area (Å²) in [5, 5.41) is 6.44. The molecule has 0 fully saturated rings. The molecule has 0 amide bonds. The summed E-state index contributed by atoms with van der Waals surface area (Å²) in [6, 6.07) is 78.2. The molecule has 0 bridgehead atoms. The maximum absolute atomic E-state index is 7.42. The third-order valence-corrected chi connectivity index (χ3v) is 13.1. The van der Waals surface area contributed by atoms with Crippen molar-refractivity contribution in [1.82, 2.24) is 5.32 Å². The monoisotopic (exact) mass is 809 g/mol. The Bertz CT molecular complexity index is 3220. The Morgan fingerprint density at radius 2 is 1.11 bits per heavy atom. The van der Waals surface area contributed by atoms with Gasteiger partial charge in [0.25, 0.3) is 0 Å². The van der Waals surface area contributed by atoms with Crippen LogP contribution in [-0.4, -0.2) is 0 Å². The predicted molar refractivity (Wildman–Crippen MR) is 266 cm³/mol. The molecular formula is C60H47N3. The largest absolute Gasteiger partial charge is 0.354 e. The molecule has 1 unspecified atom stereocenters. The molecule has 9 aromatic rings. The van der Waals surface area contributed by atoms with Crippen LogP contribution < -0.4 is 16.0 Å². The minimum Gasteiger partial charge on any atom is -0.354 e. The van der Waals surface area contributed by atoms with E-state index in [2.05, 4.69) is 242 Å². The first-order valence-electron chi connectivity index (χ1n) is 21.8. The first-order valence-corrected chi connectivity index (χ1v) is 21.8. The van der Waals surface area contributed by atoms with Crippen LogP contribution in [-0.2, 0) is 5.41 Å². The van der Waals surface area contributed by atoms with Gasteiger partial charge in [0.15, 0.2) is 0 Å². The number of fused-ring (bicyclic) bond motifs is 5. The van der Waals surface area contributed by atoms with Crippen molar-refractivity contribution in [3.05, 3.63) is 257 Å². The van der Waals surface area contributed by atoms with Crippen LogP contribution in [0.15, 0.2) is 218 Å². The summed E-state index contributed by atoms with van der Waals surface area (Å²) in [4.78, 5) is 2.49. The molecule has 0 spiro atoms. The van der Waals surface area contributed by atoms with Crippen molar-refractivity contribution in [2.45, 2.75) is 25.3 Å². The molecule has 3 nitrogen and oxygen atoms in total. The van der Waals surface area contributed by atoms with E-state index in [9.17, 15) is 0 Å². The van der Waals surface area contributed by atoms with Gasteiger partial charge in [0, 0.05) is 39.1 Å². The zero-order valence-electron chi connectivity index (χ0n) is 35.5. The summed E-state index contributed by atoms with van der Waals surface area (Å²) >= 11 is 0. The van der Waals surface area contributed by atoms with Gasteiger partial charge in [-0.25, -0.2) is 0 Å². The van der Waals surface area contributed by atoms with Crippen LogP contribution in [0.1, 0.15) is 58.8 Å². The SMILES string of the molecule is CC1(C)c2ccccc2-c2c(N(c3ccc(-c4ccc5ccccc5c4)cc3)c3cccc4c3C=C(c3ccccc3)N/C4=C(/c3ccccc3)C(N)c3ccccc3)cccc21. The number of nitrogens with zero attached hydrogens (tertiary/aromatic N) is 1. The van der Waals surface area contributed by atoms with Crippen molar-refractivity contribution < 1.29 is 0 Å². The Labute approximate surface area is 370 Å². The van der Waals surface area contributed by atoms with Gasteiger partial charge in [-0.3, -0.25) is 0 Å². The topological polar surface area (TPSA) is 41.3 Å². The minimum atomic E-state index is -0.405. The van der Waals surface area contributed by atoms with Gasteiger partial charge in [0.1, 0.15) is 0 Å². The molecule has 0 saturated carbocycles. The van der Waals surface area contributed by atoms with Gasteiger partial charge in [-0.05, 0) is 91.7 Å². The molecule has 1 aliphatic carbocycles. The van der Waals surface area contributed by atoms with Crippen LogP contribution >= 0.6 is 0 Å². The summed E-state index contributed by atoms with van der Waals surface area (Å²) in [5.74, 6) is 0. The van der Waals surface area contributed by atoms with E-state index in [1.165, 1.54) is 44.2 Å². The number of hydrogen-bond acceptors (Lipinski definition) is 3. The molecule has 2 aliphatic rings. The highest BCUT2D eigenvalue weighted by atomic mass is 15.1. The molecule has 0 aromatic heterocycles. The average Bonchev–Trinajstić information content (AvgIpc) is 3.58. The molecule has 0 radical (unpaired) electrons. The van der Waals surface area contributed by atoms with E-state index in [1.54, 1.807) is 0 Å². The zero-order chi connectivity index (χ0) is 42.5. The number of anilines is 3. The lowest BCUT2D eigenvalue weighted by atomic mass is 9.82. The van der Waals surface area contributed by atoms with Gasteiger partial charge >= 0.3 is 0 Å². The van der Waals surface area contributed by atoms with Crippen LogP contribution in [0.2, 0.25) is 0 Å². The molecule has 0 saturated heterocycles. The van der Waals surface area contributed by atoms with E-state index in [4.69, 9.17) is 5.73 Å². The van der Waals surface area contributed by atoms with E-state index >= 15 is 0 Å².